The standard InChI is InChI=1S/C16H12BrNO3/c1-9-7-16(19)21-14-8-11(3-4-12(9)14)20-15-6-5-13(17)10(2)18-15/h3-8H,1-2H3. The highest BCUT2D eigenvalue weighted by Crippen LogP contribution is 2.26. The van der Waals surface area contributed by atoms with Crippen LogP contribution in [-0.2, 0) is 0 Å². The fourth-order valence-electron chi connectivity index (χ4n) is 2.07. The second-order valence-corrected chi connectivity index (χ2v) is 5.58. The van der Waals surface area contributed by atoms with Crippen LogP contribution in [0.1, 0.15) is 11.3 Å². The maximum absolute atomic E-state index is 11.4. The second-order valence-electron chi connectivity index (χ2n) is 4.73. The maximum atomic E-state index is 11.4. The van der Waals surface area contributed by atoms with Gasteiger partial charge in [0.15, 0.2) is 0 Å². The third-order valence-electron chi connectivity index (χ3n) is 3.14. The van der Waals surface area contributed by atoms with Gasteiger partial charge in [-0.25, -0.2) is 9.78 Å². The predicted molar refractivity (Wildman–Crippen MR) is 84.0 cm³/mol. The Bertz CT molecular complexity index is 886. The van der Waals surface area contributed by atoms with Crippen LogP contribution in [0.3, 0.4) is 0 Å². The van der Waals surface area contributed by atoms with E-state index in [-0.39, 0.29) is 5.63 Å². The molecule has 0 aliphatic carbocycles. The molecule has 0 amide bonds. The largest absolute Gasteiger partial charge is 0.439 e. The first kappa shape index (κ1) is 13.8. The highest BCUT2D eigenvalue weighted by molar-refractivity contribution is 9.10. The number of fused-ring (bicyclic) bond motifs is 1. The number of hydrogen-bond acceptors (Lipinski definition) is 4. The van der Waals surface area contributed by atoms with Gasteiger partial charge in [-0.15, -0.1) is 0 Å². The zero-order chi connectivity index (χ0) is 15.0. The number of hydrogen-bond donors (Lipinski definition) is 0. The molecule has 21 heavy (non-hydrogen) atoms. The summed E-state index contributed by atoms with van der Waals surface area (Å²) < 4.78 is 11.8. The Morgan fingerprint density at radius 2 is 1.95 bits per heavy atom. The Hall–Kier alpha value is -2.14. The number of aromatic nitrogens is 1. The Balaban J connectivity index is 2.01. The van der Waals surface area contributed by atoms with Crippen LogP contribution >= 0.6 is 15.9 Å². The van der Waals surface area contributed by atoms with Crippen LogP contribution in [0, 0.1) is 13.8 Å². The van der Waals surface area contributed by atoms with Gasteiger partial charge in [-0.05, 0) is 53.5 Å². The highest BCUT2D eigenvalue weighted by atomic mass is 79.9. The molecule has 0 N–H and O–H groups in total. The van der Waals surface area contributed by atoms with Gasteiger partial charge in [0.25, 0.3) is 0 Å². The summed E-state index contributed by atoms with van der Waals surface area (Å²) in [6, 6.07) is 10.5. The molecular weight excluding hydrogens is 334 g/mol. The van der Waals surface area contributed by atoms with Crippen LogP contribution in [0.25, 0.3) is 11.0 Å². The zero-order valence-corrected chi connectivity index (χ0v) is 13.1. The molecule has 0 aliphatic heterocycles. The molecule has 0 saturated carbocycles. The molecule has 0 fully saturated rings. The van der Waals surface area contributed by atoms with E-state index in [1.54, 1.807) is 12.1 Å². The van der Waals surface area contributed by atoms with Gasteiger partial charge >= 0.3 is 5.63 Å². The predicted octanol–water partition coefficient (Wildman–Crippen LogP) is 4.36. The van der Waals surface area contributed by atoms with Crippen molar-refractivity contribution in [2.45, 2.75) is 13.8 Å². The van der Waals surface area contributed by atoms with Gasteiger partial charge < -0.3 is 9.15 Å². The van der Waals surface area contributed by atoms with E-state index in [2.05, 4.69) is 20.9 Å². The Morgan fingerprint density at radius 1 is 1.14 bits per heavy atom. The van der Waals surface area contributed by atoms with Crippen LogP contribution in [0.2, 0.25) is 0 Å². The molecule has 3 rings (SSSR count). The number of pyridine rings is 1. The zero-order valence-electron chi connectivity index (χ0n) is 11.5. The van der Waals surface area contributed by atoms with Crippen molar-refractivity contribution < 1.29 is 9.15 Å². The van der Waals surface area contributed by atoms with E-state index in [4.69, 9.17) is 9.15 Å². The lowest BCUT2D eigenvalue weighted by Gasteiger charge is -2.07. The number of benzene rings is 1. The summed E-state index contributed by atoms with van der Waals surface area (Å²) in [5, 5.41) is 0.891. The van der Waals surface area contributed by atoms with Gasteiger partial charge in [0.05, 0.1) is 5.69 Å². The van der Waals surface area contributed by atoms with E-state index >= 15 is 0 Å². The Morgan fingerprint density at radius 3 is 2.71 bits per heavy atom. The quantitative estimate of drug-likeness (QED) is 0.647. The summed E-state index contributed by atoms with van der Waals surface area (Å²) in [5.41, 5.74) is 1.86. The molecule has 106 valence electrons. The van der Waals surface area contributed by atoms with Crippen LogP contribution in [-0.4, -0.2) is 4.98 Å². The molecule has 5 heteroatoms. The number of nitrogens with zero attached hydrogens (tertiary/aromatic N) is 1. The summed E-state index contributed by atoms with van der Waals surface area (Å²) in [7, 11) is 0. The average molecular weight is 346 g/mol. The molecule has 0 atom stereocenters. The second kappa shape index (κ2) is 5.33. The normalized spacial score (nSPS) is 10.8. The van der Waals surface area contributed by atoms with Gasteiger partial charge in [0.2, 0.25) is 5.88 Å². The number of aryl methyl sites for hydroxylation is 2. The molecule has 2 heterocycles. The van der Waals surface area contributed by atoms with Gasteiger partial charge in [-0.1, -0.05) is 0 Å². The van der Waals surface area contributed by atoms with Crippen molar-refractivity contribution in [3.05, 3.63) is 62.5 Å². The Labute approximate surface area is 129 Å². The molecule has 4 nitrogen and oxygen atoms in total. The first-order valence-electron chi connectivity index (χ1n) is 6.38. The van der Waals surface area contributed by atoms with Crippen LogP contribution < -0.4 is 10.4 Å². The molecule has 3 aromatic rings. The van der Waals surface area contributed by atoms with Crippen molar-refractivity contribution in [1.82, 2.24) is 4.98 Å². The van der Waals surface area contributed by atoms with Crippen molar-refractivity contribution in [2.24, 2.45) is 0 Å². The molecule has 1 aromatic carbocycles. The molecule has 0 saturated heterocycles. The third-order valence-corrected chi connectivity index (χ3v) is 3.98. The summed E-state index contributed by atoms with van der Waals surface area (Å²) in [6.45, 7) is 3.76. The van der Waals surface area contributed by atoms with E-state index in [0.717, 1.165) is 21.1 Å². The molecule has 0 spiro atoms. The Kier molecular flexibility index (Phi) is 3.51. The minimum atomic E-state index is -0.366. The highest BCUT2D eigenvalue weighted by Gasteiger charge is 2.06. The fraction of sp³-hybridized carbons (Fsp3) is 0.125. The molecule has 0 bridgehead atoms. The lowest BCUT2D eigenvalue weighted by molar-refractivity contribution is 0.460. The minimum absolute atomic E-state index is 0.366. The van der Waals surface area contributed by atoms with Gasteiger partial charge in [-0.3, -0.25) is 0 Å². The molecule has 0 unspecified atom stereocenters. The average Bonchev–Trinajstić information content (AvgIpc) is 2.42. The first-order valence-corrected chi connectivity index (χ1v) is 7.18. The first-order chi connectivity index (χ1) is 10.0. The molecule has 0 radical (unpaired) electrons. The van der Waals surface area contributed by atoms with Crippen LogP contribution in [0.15, 0.2) is 50.1 Å². The SMILES string of the molecule is Cc1nc(Oc2ccc3c(C)cc(=O)oc3c2)ccc1Br. The van der Waals surface area contributed by atoms with Gasteiger partial charge in [0, 0.05) is 28.1 Å². The van der Waals surface area contributed by atoms with Crippen molar-refractivity contribution >= 4 is 26.9 Å². The van der Waals surface area contributed by atoms with Crippen molar-refractivity contribution in [1.29, 1.82) is 0 Å². The summed E-state index contributed by atoms with van der Waals surface area (Å²) in [5.74, 6) is 1.07. The van der Waals surface area contributed by atoms with Crippen molar-refractivity contribution in [3.8, 4) is 11.6 Å². The van der Waals surface area contributed by atoms with Crippen molar-refractivity contribution in [2.75, 3.05) is 0 Å². The van der Waals surface area contributed by atoms with E-state index in [1.807, 2.05) is 32.0 Å². The fourth-order valence-corrected chi connectivity index (χ4v) is 2.29. The number of rotatable bonds is 2. The monoisotopic (exact) mass is 345 g/mol. The molecule has 0 aliphatic rings. The third kappa shape index (κ3) is 2.83. The number of halogens is 1. The lowest BCUT2D eigenvalue weighted by atomic mass is 10.1. The number of ether oxygens (including phenoxy) is 1. The molecule has 2 aromatic heterocycles. The summed E-state index contributed by atoms with van der Waals surface area (Å²) in [4.78, 5) is 15.8. The maximum Gasteiger partial charge on any atom is 0.336 e. The van der Waals surface area contributed by atoms with Crippen LogP contribution in [0.5, 0.6) is 11.6 Å². The van der Waals surface area contributed by atoms with E-state index in [9.17, 15) is 4.79 Å². The van der Waals surface area contributed by atoms with E-state index < -0.39 is 0 Å². The van der Waals surface area contributed by atoms with Crippen LogP contribution in [0.4, 0.5) is 0 Å². The lowest BCUT2D eigenvalue weighted by Crippen LogP contribution is -1.98. The smallest absolute Gasteiger partial charge is 0.336 e. The van der Waals surface area contributed by atoms with Crippen molar-refractivity contribution in [3.63, 3.8) is 0 Å². The molecular formula is C16H12BrNO3. The van der Waals surface area contributed by atoms with Gasteiger partial charge in [-0.2, -0.15) is 0 Å². The summed E-state index contributed by atoms with van der Waals surface area (Å²) in [6.07, 6.45) is 0. The minimum Gasteiger partial charge on any atom is -0.439 e. The topological polar surface area (TPSA) is 52.3 Å². The summed E-state index contributed by atoms with van der Waals surface area (Å²) >= 11 is 3.40. The van der Waals surface area contributed by atoms with Gasteiger partial charge in [0.1, 0.15) is 11.3 Å². The van der Waals surface area contributed by atoms with E-state index in [1.165, 1.54) is 6.07 Å². The van der Waals surface area contributed by atoms with E-state index in [0.29, 0.717) is 17.2 Å².